The Morgan fingerprint density at radius 3 is 2.48 bits per heavy atom. The highest BCUT2D eigenvalue weighted by molar-refractivity contribution is 5.92. The van der Waals surface area contributed by atoms with Gasteiger partial charge in [-0.25, -0.2) is 0 Å². The molecular formula is C17H28N6O2. The summed E-state index contributed by atoms with van der Waals surface area (Å²) in [6.07, 6.45) is 0. The smallest absolute Gasteiger partial charge is 0.274 e. The van der Waals surface area contributed by atoms with Gasteiger partial charge in [-0.1, -0.05) is 6.92 Å². The van der Waals surface area contributed by atoms with Gasteiger partial charge in [0.25, 0.3) is 5.91 Å². The Balaban J connectivity index is 1.44. The number of likely N-dealkylation sites (N-methyl/N-ethyl adjacent to an activating group) is 1. The van der Waals surface area contributed by atoms with Crippen LogP contribution in [0.3, 0.4) is 0 Å². The molecule has 0 atom stereocenters. The first-order valence-corrected chi connectivity index (χ1v) is 9.15. The van der Waals surface area contributed by atoms with E-state index >= 15 is 0 Å². The van der Waals surface area contributed by atoms with Crippen molar-refractivity contribution in [3.05, 3.63) is 17.8 Å². The van der Waals surface area contributed by atoms with Gasteiger partial charge in [0.05, 0.1) is 13.2 Å². The summed E-state index contributed by atoms with van der Waals surface area (Å²) < 4.78 is 5.34. The number of amides is 1. The van der Waals surface area contributed by atoms with Crippen LogP contribution in [0.15, 0.2) is 12.1 Å². The van der Waals surface area contributed by atoms with Gasteiger partial charge in [-0.15, -0.1) is 10.2 Å². The van der Waals surface area contributed by atoms with E-state index in [4.69, 9.17) is 4.74 Å². The number of rotatable bonds is 6. The molecule has 2 aliphatic rings. The monoisotopic (exact) mass is 348 g/mol. The third kappa shape index (κ3) is 5.10. The molecule has 3 rings (SSSR count). The van der Waals surface area contributed by atoms with Crippen molar-refractivity contribution in [2.24, 2.45) is 0 Å². The van der Waals surface area contributed by atoms with Gasteiger partial charge in [0.15, 0.2) is 5.69 Å². The lowest BCUT2D eigenvalue weighted by Gasteiger charge is -2.33. The number of nitrogens with one attached hydrogen (secondary N) is 1. The van der Waals surface area contributed by atoms with Crippen molar-refractivity contribution in [1.29, 1.82) is 0 Å². The number of hydrogen-bond donors (Lipinski definition) is 1. The topological polar surface area (TPSA) is 73.8 Å². The fraction of sp³-hybridized carbons (Fsp3) is 0.706. The average Bonchev–Trinajstić information content (AvgIpc) is 2.69. The normalized spacial score (nSPS) is 19.8. The molecule has 0 aromatic carbocycles. The lowest BCUT2D eigenvalue weighted by molar-refractivity contribution is 0.0398. The third-order valence-electron chi connectivity index (χ3n) is 4.83. The Kier molecular flexibility index (Phi) is 6.55. The molecule has 0 radical (unpaired) electrons. The second-order valence-electron chi connectivity index (χ2n) is 6.41. The fourth-order valence-electron chi connectivity index (χ4n) is 3.14. The number of piperazine rings is 1. The lowest BCUT2D eigenvalue weighted by atomic mass is 10.2. The third-order valence-corrected chi connectivity index (χ3v) is 4.83. The van der Waals surface area contributed by atoms with Gasteiger partial charge in [-0.05, 0) is 18.7 Å². The summed E-state index contributed by atoms with van der Waals surface area (Å²) in [5.74, 6) is 0.684. The second-order valence-corrected chi connectivity index (χ2v) is 6.41. The van der Waals surface area contributed by atoms with E-state index in [9.17, 15) is 4.79 Å². The largest absolute Gasteiger partial charge is 0.379 e. The summed E-state index contributed by atoms with van der Waals surface area (Å²) in [4.78, 5) is 19.1. The van der Waals surface area contributed by atoms with Crippen LogP contribution in [-0.2, 0) is 4.74 Å². The van der Waals surface area contributed by atoms with Crippen molar-refractivity contribution in [3.63, 3.8) is 0 Å². The SMILES string of the molecule is CCN1CCN(C(=O)c2ccc(NCCN3CCOCC3)nn2)CC1. The van der Waals surface area contributed by atoms with E-state index in [1.807, 2.05) is 11.0 Å². The highest BCUT2D eigenvalue weighted by atomic mass is 16.5. The molecule has 2 fully saturated rings. The molecule has 1 N–H and O–H groups in total. The first-order chi connectivity index (χ1) is 12.3. The van der Waals surface area contributed by atoms with Gasteiger partial charge < -0.3 is 19.9 Å². The minimum absolute atomic E-state index is 0.0249. The Morgan fingerprint density at radius 2 is 1.84 bits per heavy atom. The van der Waals surface area contributed by atoms with E-state index in [-0.39, 0.29) is 5.91 Å². The average molecular weight is 348 g/mol. The van der Waals surface area contributed by atoms with Gasteiger partial charge in [0.2, 0.25) is 0 Å². The van der Waals surface area contributed by atoms with E-state index in [1.54, 1.807) is 6.07 Å². The first-order valence-electron chi connectivity index (χ1n) is 9.15. The van der Waals surface area contributed by atoms with Crippen LogP contribution >= 0.6 is 0 Å². The van der Waals surface area contributed by atoms with Gasteiger partial charge in [-0.2, -0.15) is 0 Å². The molecule has 25 heavy (non-hydrogen) atoms. The molecule has 138 valence electrons. The molecule has 0 aliphatic carbocycles. The number of carbonyl (C=O) groups is 1. The summed E-state index contributed by atoms with van der Waals surface area (Å²) in [5.41, 5.74) is 0.420. The Hall–Kier alpha value is -1.77. The Labute approximate surface area is 149 Å². The maximum absolute atomic E-state index is 12.5. The van der Waals surface area contributed by atoms with E-state index in [0.717, 1.165) is 72.1 Å². The van der Waals surface area contributed by atoms with E-state index in [2.05, 4.69) is 32.2 Å². The van der Waals surface area contributed by atoms with Crippen LogP contribution in [0.2, 0.25) is 0 Å². The number of morpholine rings is 1. The van der Waals surface area contributed by atoms with Crippen LogP contribution in [0.25, 0.3) is 0 Å². The molecule has 1 amide bonds. The molecule has 0 bridgehead atoms. The van der Waals surface area contributed by atoms with E-state index in [1.165, 1.54) is 0 Å². The van der Waals surface area contributed by atoms with Gasteiger partial charge in [0.1, 0.15) is 5.82 Å². The molecule has 8 heteroatoms. The van der Waals surface area contributed by atoms with Crippen molar-refractivity contribution in [3.8, 4) is 0 Å². The molecule has 2 aliphatic heterocycles. The molecule has 3 heterocycles. The summed E-state index contributed by atoms with van der Waals surface area (Å²) >= 11 is 0. The van der Waals surface area contributed by atoms with Crippen molar-refractivity contribution < 1.29 is 9.53 Å². The predicted octanol–water partition coefficient (Wildman–Crippen LogP) is -0.00160. The zero-order chi connectivity index (χ0) is 17.5. The Morgan fingerprint density at radius 1 is 1.08 bits per heavy atom. The summed E-state index contributed by atoms with van der Waals surface area (Å²) in [5, 5.41) is 11.5. The van der Waals surface area contributed by atoms with Crippen LogP contribution in [0, 0.1) is 0 Å². The summed E-state index contributed by atoms with van der Waals surface area (Å²) in [7, 11) is 0. The quantitative estimate of drug-likeness (QED) is 0.775. The number of nitrogens with zero attached hydrogens (tertiary/aromatic N) is 5. The standard InChI is InChI=1S/C17H28N6O2/c1-2-21-7-9-23(10-8-21)17(24)15-3-4-16(20-19-15)18-5-6-22-11-13-25-14-12-22/h3-4H,2,5-14H2,1H3,(H,18,20). The molecule has 1 aromatic heterocycles. The van der Waals surface area contributed by atoms with Crippen molar-refractivity contribution in [1.82, 2.24) is 24.9 Å². The number of carbonyl (C=O) groups excluding carboxylic acids is 1. The number of aromatic nitrogens is 2. The van der Waals surface area contributed by atoms with Gasteiger partial charge >= 0.3 is 0 Å². The highest BCUT2D eigenvalue weighted by Crippen LogP contribution is 2.08. The number of anilines is 1. The van der Waals surface area contributed by atoms with Crippen LogP contribution in [-0.4, -0.2) is 103 Å². The lowest BCUT2D eigenvalue weighted by Crippen LogP contribution is -2.48. The minimum atomic E-state index is -0.0249. The number of ether oxygens (including phenoxy) is 1. The number of hydrogen-bond acceptors (Lipinski definition) is 7. The van der Waals surface area contributed by atoms with Gasteiger partial charge in [-0.3, -0.25) is 9.69 Å². The molecule has 0 spiro atoms. The first kappa shape index (κ1) is 18.0. The Bertz CT molecular complexity index is 539. The zero-order valence-corrected chi connectivity index (χ0v) is 15.0. The van der Waals surface area contributed by atoms with Crippen molar-refractivity contribution in [2.75, 3.05) is 77.4 Å². The predicted molar refractivity (Wildman–Crippen MR) is 95.8 cm³/mol. The van der Waals surface area contributed by atoms with Gasteiger partial charge in [0, 0.05) is 52.4 Å². The fourth-order valence-corrected chi connectivity index (χ4v) is 3.14. The summed E-state index contributed by atoms with van der Waals surface area (Å²) in [6.45, 7) is 11.9. The van der Waals surface area contributed by atoms with E-state index in [0.29, 0.717) is 11.5 Å². The molecule has 0 unspecified atom stereocenters. The molecular weight excluding hydrogens is 320 g/mol. The van der Waals surface area contributed by atoms with Crippen LogP contribution in [0.4, 0.5) is 5.82 Å². The molecule has 0 saturated carbocycles. The highest BCUT2D eigenvalue weighted by Gasteiger charge is 2.22. The molecule has 2 saturated heterocycles. The maximum Gasteiger partial charge on any atom is 0.274 e. The zero-order valence-electron chi connectivity index (χ0n) is 15.0. The van der Waals surface area contributed by atoms with Crippen LogP contribution in [0.1, 0.15) is 17.4 Å². The van der Waals surface area contributed by atoms with Crippen LogP contribution < -0.4 is 5.32 Å². The second kappa shape index (κ2) is 9.07. The summed E-state index contributed by atoms with van der Waals surface area (Å²) in [6, 6.07) is 3.60. The van der Waals surface area contributed by atoms with E-state index < -0.39 is 0 Å². The molecule has 1 aromatic rings. The van der Waals surface area contributed by atoms with Crippen molar-refractivity contribution in [2.45, 2.75) is 6.92 Å². The minimum Gasteiger partial charge on any atom is -0.379 e. The molecule has 8 nitrogen and oxygen atoms in total. The van der Waals surface area contributed by atoms with Crippen LogP contribution in [0.5, 0.6) is 0 Å². The van der Waals surface area contributed by atoms with Crippen molar-refractivity contribution >= 4 is 11.7 Å². The maximum atomic E-state index is 12.5.